The highest BCUT2D eigenvalue weighted by molar-refractivity contribution is 9.13. The van der Waals surface area contributed by atoms with Crippen LogP contribution in [-0.2, 0) is 6.54 Å². The third kappa shape index (κ3) is 2.82. The molecule has 0 unspecified atom stereocenters. The van der Waals surface area contributed by atoms with Gasteiger partial charge in [0.05, 0.1) is 17.0 Å². The number of nitrogens with zero attached hydrogens (tertiary/aromatic N) is 4. The molecule has 0 atom stereocenters. The van der Waals surface area contributed by atoms with Crippen LogP contribution in [0.2, 0.25) is 0 Å². The molecule has 1 aromatic heterocycles. The number of nitro groups is 1. The Labute approximate surface area is 149 Å². The fourth-order valence-electron chi connectivity index (χ4n) is 2.69. The first-order valence-electron chi connectivity index (χ1n) is 6.96. The van der Waals surface area contributed by atoms with E-state index >= 15 is 0 Å². The predicted molar refractivity (Wildman–Crippen MR) is 95.7 cm³/mol. The standard InChI is InChI=1S/C14H13Br2N5O2/c1-2-5-20-10-8-9(15)11(16)13(21(22)23)12(10)18-14(20)19-6-3-17-4-7-19/h1,8,17H,3-7H2. The smallest absolute Gasteiger partial charge is 0.312 e. The topological polar surface area (TPSA) is 76.2 Å². The summed E-state index contributed by atoms with van der Waals surface area (Å²) in [5.74, 6) is 3.28. The van der Waals surface area contributed by atoms with Gasteiger partial charge in [-0.15, -0.1) is 6.42 Å². The summed E-state index contributed by atoms with van der Waals surface area (Å²) in [6.07, 6.45) is 5.49. The number of aromatic nitrogens is 2. The minimum Gasteiger partial charge on any atom is -0.340 e. The van der Waals surface area contributed by atoms with Crippen LogP contribution in [0.25, 0.3) is 11.0 Å². The Morgan fingerprint density at radius 3 is 2.74 bits per heavy atom. The molecule has 1 aliphatic heterocycles. The van der Waals surface area contributed by atoms with Gasteiger partial charge in [0, 0.05) is 30.7 Å². The summed E-state index contributed by atoms with van der Waals surface area (Å²) in [5.41, 5.74) is 0.939. The van der Waals surface area contributed by atoms with Crippen LogP contribution in [-0.4, -0.2) is 40.7 Å². The van der Waals surface area contributed by atoms with Crippen LogP contribution >= 0.6 is 31.9 Å². The van der Waals surface area contributed by atoms with Crippen molar-refractivity contribution < 1.29 is 4.92 Å². The number of nitro benzene ring substituents is 1. The minimum absolute atomic E-state index is 0.0541. The van der Waals surface area contributed by atoms with E-state index in [1.807, 2.05) is 10.6 Å². The molecule has 1 aliphatic rings. The molecular weight excluding hydrogens is 430 g/mol. The Balaban J connectivity index is 2.28. The van der Waals surface area contributed by atoms with Gasteiger partial charge in [0.1, 0.15) is 4.47 Å². The largest absolute Gasteiger partial charge is 0.340 e. The van der Waals surface area contributed by atoms with Gasteiger partial charge in [0.2, 0.25) is 5.95 Å². The molecule has 0 bridgehead atoms. The van der Waals surface area contributed by atoms with Gasteiger partial charge in [-0.25, -0.2) is 4.98 Å². The maximum atomic E-state index is 11.5. The summed E-state index contributed by atoms with van der Waals surface area (Å²) in [7, 11) is 0. The fourth-order valence-corrected chi connectivity index (χ4v) is 3.55. The van der Waals surface area contributed by atoms with Crippen molar-refractivity contribution in [3.8, 4) is 12.3 Å². The van der Waals surface area contributed by atoms with Gasteiger partial charge in [-0.1, -0.05) is 5.92 Å². The van der Waals surface area contributed by atoms with E-state index in [2.05, 4.69) is 53.0 Å². The number of hydrogen-bond donors (Lipinski definition) is 1. The lowest BCUT2D eigenvalue weighted by Gasteiger charge is -2.28. The number of imidazole rings is 1. The first-order valence-corrected chi connectivity index (χ1v) is 8.55. The van der Waals surface area contributed by atoms with Crippen LogP contribution in [0.4, 0.5) is 11.6 Å². The maximum absolute atomic E-state index is 11.5. The number of benzene rings is 1. The van der Waals surface area contributed by atoms with Gasteiger partial charge in [-0.3, -0.25) is 14.7 Å². The summed E-state index contributed by atoms with van der Waals surface area (Å²) in [6.45, 7) is 3.55. The third-order valence-corrected chi connectivity index (χ3v) is 5.68. The van der Waals surface area contributed by atoms with Crippen molar-refractivity contribution in [1.82, 2.24) is 14.9 Å². The second-order valence-electron chi connectivity index (χ2n) is 5.08. The average Bonchev–Trinajstić information content (AvgIpc) is 2.87. The van der Waals surface area contributed by atoms with Gasteiger partial charge < -0.3 is 10.2 Å². The zero-order valence-corrected chi connectivity index (χ0v) is 15.2. The molecule has 9 heteroatoms. The first-order chi connectivity index (χ1) is 11.0. The quantitative estimate of drug-likeness (QED) is 0.449. The molecule has 7 nitrogen and oxygen atoms in total. The van der Waals surface area contributed by atoms with E-state index in [1.54, 1.807) is 0 Å². The molecular formula is C14H13Br2N5O2. The molecule has 1 saturated heterocycles. The Kier molecular flexibility index (Phi) is 4.57. The summed E-state index contributed by atoms with van der Waals surface area (Å²) >= 11 is 6.63. The van der Waals surface area contributed by atoms with Crippen molar-refractivity contribution in [2.75, 3.05) is 31.1 Å². The van der Waals surface area contributed by atoms with E-state index in [-0.39, 0.29) is 5.69 Å². The molecule has 2 heterocycles. The number of fused-ring (bicyclic) bond motifs is 1. The Morgan fingerprint density at radius 1 is 1.43 bits per heavy atom. The normalized spacial score (nSPS) is 14.9. The van der Waals surface area contributed by atoms with Crippen LogP contribution in [0.1, 0.15) is 0 Å². The molecule has 23 heavy (non-hydrogen) atoms. The SMILES string of the molecule is C#CCn1c(N2CCNCC2)nc2c([N+](=O)[O-])c(Br)c(Br)cc21. The molecule has 2 aromatic rings. The lowest BCUT2D eigenvalue weighted by molar-refractivity contribution is -0.384. The predicted octanol–water partition coefficient (Wildman–Crippen LogP) is 2.51. The second-order valence-corrected chi connectivity index (χ2v) is 6.73. The highest BCUT2D eigenvalue weighted by Gasteiger charge is 2.27. The Hall–Kier alpha value is -1.63. The molecule has 0 aliphatic carbocycles. The van der Waals surface area contributed by atoms with Gasteiger partial charge in [0.25, 0.3) is 0 Å². The van der Waals surface area contributed by atoms with E-state index in [1.165, 1.54) is 0 Å². The van der Waals surface area contributed by atoms with Crippen LogP contribution in [0.5, 0.6) is 0 Å². The molecule has 1 aromatic carbocycles. The second kappa shape index (κ2) is 6.47. The fraction of sp³-hybridized carbons (Fsp3) is 0.357. The molecule has 0 spiro atoms. The molecule has 1 fully saturated rings. The van der Waals surface area contributed by atoms with Gasteiger partial charge in [-0.2, -0.15) is 0 Å². The number of rotatable bonds is 3. The van der Waals surface area contributed by atoms with Crippen molar-refractivity contribution in [2.45, 2.75) is 6.54 Å². The highest BCUT2D eigenvalue weighted by Crippen LogP contribution is 2.40. The van der Waals surface area contributed by atoms with Crippen LogP contribution < -0.4 is 10.2 Å². The number of terminal acetylenes is 1. The van der Waals surface area contributed by atoms with Crippen molar-refractivity contribution in [1.29, 1.82) is 0 Å². The van der Waals surface area contributed by atoms with Crippen LogP contribution in [0.3, 0.4) is 0 Å². The number of nitrogens with one attached hydrogen (secondary N) is 1. The summed E-state index contributed by atoms with van der Waals surface area (Å²) in [4.78, 5) is 17.7. The monoisotopic (exact) mass is 441 g/mol. The van der Waals surface area contributed by atoms with E-state index in [9.17, 15) is 10.1 Å². The zero-order valence-electron chi connectivity index (χ0n) is 12.1. The van der Waals surface area contributed by atoms with Gasteiger partial charge in [-0.05, 0) is 37.9 Å². The van der Waals surface area contributed by atoms with Crippen molar-refractivity contribution >= 4 is 54.5 Å². The lowest BCUT2D eigenvalue weighted by atomic mass is 10.2. The highest BCUT2D eigenvalue weighted by atomic mass is 79.9. The Morgan fingerprint density at radius 2 is 2.13 bits per heavy atom. The van der Waals surface area contributed by atoms with Crippen molar-refractivity contribution in [3.63, 3.8) is 0 Å². The first kappa shape index (κ1) is 16.2. The van der Waals surface area contributed by atoms with E-state index in [0.717, 1.165) is 26.2 Å². The number of halogens is 2. The third-order valence-electron chi connectivity index (χ3n) is 3.72. The summed E-state index contributed by atoms with van der Waals surface area (Å²) in [6, 6.07) is 1.81. The number of piperazine rings is 1. The average molecular weight is 443 g/mol. The molecule has 1 N–H and O–H groups in total. The van der Waals surface area contributed by atoms with Crippen molar-refractivity contribution in [2.24, 2.45) is 0 Å². The molecule has 120 valence electrons. The lowest BCUT2D eigenvalue weighted by Crippen LogP contribution is -2.44. The van der Waals surface area contributed by atoms with E-state index in [4.69, 9.17) is 6.42 Å². The molecule has 3 rings (SSSR count). The molecule has 0 saturated carbocycles. The van der Waals surface area contributed by atoms with E-state index in [0.29, 0.717) is 32.5 Å². The summed E-state index contributed by atoms with van der Waals surface area (Å²) < 4.78 is 2.83. The molecule has 0 amide bonds. The van der Waals surface area contributed by atoms with Crippen molar-refractivity contribution in [3.05, 3.63) is 25.1 Å². The molecule has 0 radical (unpaired) electrons. The van der Waals surface area contributed by atoms with Crippen LogP contribution in [0, 0.1) is 22.5 Å². The van der Waals surface area contributed by atoms with E-state index < -0.39 is 4.92 Å². The minimum atomic E-state index is -0.425. The zero-order chi connectivity index (χ0) is 16.6. The number of anilines is 1. The van der Waals surface area contributed by atoms with Gasteiger partial charge >= 0.3 is 5.69 Å². The summed E-state index contributed by atoms with van der Waals surface area (Å²) in [5, 5.41) is 14.8. The number of hydrogen-bond acceptors (Lipinski definition) is 5. The van der Waals surface area contributed by atoms with Crippen LogP contribution in [0.15, 0.2) is 15.0 Å². The Bertz CT molecular complexity index is 821. The van der Waals surface area contributed by atoms with Gasteiger partial charge in [0.15, 0.2) is 5.52 Å². The maximum Gasteiger partial charge on any atom is 0.312 e.